The van der Waals surface area contributed by atoms with Crippen LogP contribution >= 0.6 is 11.8 Å². The molecule has 0 radical (unpaired) electrons. The number of rotatable bonds is 4. The molecule has 1 saturated carbocycles. The van der Waals surface area contributed by atoms with E-state index in [-0.39, 0.29) is 5.69 Å². The Hall–Kier alpha value is -1.30. The Balaban J connectivity index is 2.06. The maximum atomic E-state index is 10.8. The van der Waals surface area contributed by atoms with E-state index in [4.69, 9.17) is 0 Å². The third-order valence-electron chi connectivity index (χ3n) is 3.07. The summed E-state index contributed by atoms with van der Waals surface area (Å²) in [5.41, 5.74) is 0.636. The molecule has 0 aliphatic heterocycles. The van der Waals surface area contributed by atoms with Gasteiger partial charge in [-0.15, -0.1) is 0 Å². The molecule has 0 amide bonds. The second-order valence-corrected chi connectivity index (χ2v) is 5.30. The van der Waals surface area contributed by atoms with Crippen molar-refractivity contribution in [3.8, 4) is 0 Å². The molecule has 0 spiro atoms. The van der Waals surface area contributed by atoms with Crippen LogP contribution in [0.4, 0.5) is 11.4 Å². The van der Waals surface area contributed by atoms with Crippen molar-refractivity contribution >= 4 is 23.1 Å². The fraction of sp³-hybridized carbons (Fsp3) is 0.545. The van der Waals surface area contributed by atoms with Crippen molar-refractivity contribution < 1.29 is 4.92 Å². The van der Waals surface area contributed by atoms with Crippen molar-refractivity contribution in [2.45, 2.75) is 30.6 Å². The Morgan fingerprint density at radius 3 is 3.06 bits per heavy atom. The molecule has 0 aromatic carbocycles. The highest BCUT2D eigenvalue weighted by Gasteiger charge is 2.25. The van der Waals surface area contributed by atoms with Crippen LogP contribution in [-0.2, 0) is 0 Å². The first-order chi connectivity index (χ1) is 8.20. The van der Waals surface area contributed by atoms with Crippen molar-refractivity contribution in [3.63, 3.8) is 0 Å². The van der Waals surface area contributed by atoms with Crippen LogP contribution in [0.5, 0.6) is 0 Å². The molecule has 5 nitrogen and oxygen atoms in total. The molecule has 2 unspecified atom stereocenters. The average molecular weight is 253 g/mol. The molecule has 92 valence electrons. The predicted molar refractivity (Wildman–Crippen MR) is 69.5 cm³/mol. The molecule has 1 fully saturated rings. The quantitative estimate of drug-likeness (QED) is 0.660. The zero-order valence-electron chi connectivity index (χ0n) is 9.63. The molecule has 17 heavy (non-hydrogen) atoms. The summed E-state index contributed by atoms with van der Waals surface area (Å²) in [6.07, 6.45) is 8.31. The third-order valence-corrected chi connectivity index (χ3v) is 4.17. The number of anilines is 1. The van der Waals surface area contributed by atoms with E-state index in [2.05, 4.69) is 16.6 Å². The van der Waals surface area contributed by atoms with E-state index in [1.54, 1.807) is 12.3 Å². The summed E-state index contributed by atoms with van der Waals surface area (Å²) in [5.74, 6) is 0. The number of nitrogens with one attached hydrogen (secondary N) is 1. The Bertz CT molecular complexity index is 413. The minimum Gasteiger partial charge on any atom is -0.377 e. The summed E-state index contributed by atoms with van der Waals surface area (Å²) < 4.78 is 0. The lowest BCUT2D eigenvalue weighted by Crippen LogP contribution is -2.16. The van der Waals surface area contributed by atoms with Crippen LogP contribution in [0.25, 0.3) is 0 Å². The topological polar surface area (TPSA) is 68.1 Å². The van der Waals surface area contributed by atoms with Gasteiger partial charge >= 0.3 is 5.69 Å². The van der Waals surface area contributed by atoms with Crippen LogP contribution in [-0.4, -0.2) is 27.5 Å². The molecule has 1 heterocycles. The average Bonchev–Trinajstić information content (AvgIpc) is 2.77. The molecule has 2 rings (SSSR count). The molecule has 2 atom stereocenters. The molecule has 0 bridgehead atoms. The smallest absolute Gasteiger partial charge is 0.310 e. The zero-order chi connectivity index (χ0) is 12.3. The van der Waals surface area contributed by atoms with E-state index in [0.717, 1.165) is 12.8 Å². The van der Waals surface area contributed by atoms with Crippen molar-refractivity contribution in [1.82, 2.24) is 4.98 Å². The zero-order valence-corrected chi connectivity index (χ0v) is 10.4. The van der Waals surface area contributed by atoms with Gasteiger partial charge in [-0.25, -0.2) is 0 Å². The maximum Gasteiger partial charge on any atom is 0.310 e. The van der Waals surface area contributed by atoms with Gasteiger partial charge < -0.3 is 5.32 Å². The van der Waals surface area contributed by atoms with Gasteiger partial charge in [0.2, 0.25) is 0 Å². The normalized spacial score (nSPS) is 23.6. The second kappa shape index (κ2) is 5.35. The first kappa shape index (κ1) is 12.2. The summed E-state index contributed by atoms with van der Waals surface area (Å²) in [7, 11) is 0. The van der Waals surface area contributed by atoms with E-state index >= 15 is 0 Å². The monoisotopic (exact) mass is 253 g/mol. The number of pyridine rings is 1. The molecule has 6 heteroatoms. The first-order valence-electron chi connectivity index (χ1n) is 5.58. The largest absolute Gasteiger partial charge is 0.377 e. The minimum atomic E-state index is -0.393. The molecule has 1 aliphatic rings. The van der Waals surface area contributed by atoms with Gasteiger partial charge in [0.15, 0.2) is 0 Å². The van der Waals surface area contributed by atoms with Crippen molar-refractivity contribution in [2.24, 2.45) is 0 Å². The van der Waals surface area contributed by atoms with Crippen LogP contribution in [0.2, 0.25) is 0 Å². The fourth-order valence-corrected chi connectivity index (χ4v) is 2.96. The van der Waals surface area contributed by atoms with Gasteiger partial charge in [0, 0.05) is 17.5 Å². The van der Waals surface area contributed by atoms with E-state index in [1.165, 1.54) is 12.6 Å². The lowest BCUT2D eigenvalue weighted by atomic mass is 10.2. The van der Waals surface area contributed by atoms with Gasteiger partial charge in [-0.2, -0.15) is 11.8 Å². The molecular weight excluding hydrogens is 238 g/mol. The van der Waals surface area contributed by atoms with Crippen LogP contribution in [0.3, 0.4) is 0 Å². The maximum absolute atomic E-state index is 10.8. The summed E-state index contributed by atoms with van der Waals surface area (Å²) >= 11 is 1.87. The summed E-state index contributed by atoms with van der Waals surface area (Å²) in [6.45, 7) is 0. The number of aromatic nitrogens is 1. The third kappa shape index (κ3) is 2.88. The molecule has 1 aliphatic carbocycles. The van der Waals surface area contributed by atoms with E-state index < -0.39 is 4.92 Å². The van der Waals surface area contributed by atoms with Crippen LogP contribution in [0.15, 0.2) is 18.5 Å². The Morgan fingerprint density at radius 2 is 2.41 bits per heavy atom. The van der Waals surface area contributed by atoms with Gasteiger partial charge in [0.25, 0.3) is 0 Å². The standard InChI is InChI=1S/C11H15N3O2S/c1-17-9-3-2-8(6-9)13-10-4-5-12-7-11(10)14(15)16/h4-5,7-9H,2-3,6H2,1H3,(H,12,13). The van der Waals surface area contributed by atoms with Gasteiger partial charge in [0.05, 0.1) is 4.92 Å². The lowest BCUT2D eigenvalue weighted by molar-refractivity contribution is -0.384. The lowest BCUT2D eigenvalue weighted by Gasteiger charge is -2.13. The minimum absolute atomic E-state index is 0.0556. The van der Waals surface area contributed by atoms with Gasteiger partial charge in [-0.3, -0.25) is 15.1 Å². The van der Waals surface area contributed by atoms with Crippen LogP contribution in [0.1, 0.15) is 19.3 Å². The van der Waals surface area contributed by atoms with E-state index in [9.17, 15) is 10.1 Å². The molecule has 1 aromatic rings. The van der Waals surface area contributed by atoms with Gasteiger partial charge in [0.1, 0.15) is 11.9 Å². The van der Waals surface area contributed by atoms with Gasteiger partial charge in [-0.05, 0) is 31.6 Å². The van der Waals surface area contributed by atoms with Crippen LogP contribution in [0, 0.1) is 10.1 Å². The summed E-state index contributed by atoms with van der Waals surface area (Å²) in [6, 6.07) is 2.01. The summed E-state index contributed by atoms with van der Waals surface area (Å²) in [4.78, 5) is 14.2. The number of nitrogens with zero attached hydrogens (tertiary/aromatic N) is 2. The molecular formula is C11H15N3O2S. The molecule has 1 N–H and O–H groups in total. The van der Waals surface area contributed by atoms with Crippen molar-refractivity contribution in [2.75, 3.05) is 11.6 Å². The summed E-state index contributed by atoms with van der Waals surface area (Å²) in [5, 5.41) is 14.8. The van der Waals surface area contributed by atoms with Gasteiger partial charge in [-0.1, -0.05) is 0 Å². The first-order valence-corrected chi connectivity index (χ1v) is 6.87. The Morgan fingerprint density at radius 1 is 1.59 bits per heavy atom. The molecule has 1 aromatic heterocycles. The van der Waals surface area contributed by atoms with Crippen LogP contribution < -0.4 is 5.32 Å². The molecule has 0 saturated heterocycles. The number of nitro groups is 1. The number of thioether (sulfide) groups is 1. The number of hydrogen-bond donors (Lipinski definition) is 1. The highest BCUT2D eigenvalue weighted by molar-refractivity contribution is 7.99. The highest BCUT2D eigenvalue weighted by Crippen LogP contribution is 2.32. The predicted octanol–water partition coefficient (Wildman–Crippen LogP) is 2.69. The SMILES string of the molecule is CSC1CCC(Nc2ccncc2[N+](=O)[O-])C1. The second-order valence-electron chi connectivity index (χ2n) is 4.16. The van der Waals surface area contributed by atoms with Crippen molar-refractivity contribution in [3.05, 3.63) is 28.6 Å². The Kier molecular flexibility index (Phi) is 3.83. The van der Waals surface area contributed by atoms with Crippen molar-refractivity contribution in [1.29, 1.82) is 0 Å². The van der Waals surface area contributed by atoms with E-state index in [1.807, 2.05) is 11.8 Å². The highest BCUT2D eigenvalue weighted by atomic mass is 32.2. The Labute approximate surface area is 104 Å². The fourth-order valence-electron chi connectivity index (χ4n) is 2.16. The number of hydrogen-bond acceptors (Lipinski definition) is 5. The van der Waals surface area contributed by atoms with E-state index in [0.29, 0.717) is 17.0 Å².